The maximum absolute atomic E-state index is 4.58. The summed E-state index contributed by atoms with van der Waals surface area (Å²) in [6.45, 7) is 1.72. The molecule has 5 rings (SSSR count). The molecule has 1 atom stereocenters. The average molecular weight is 370 g/mol. The minimum absolute atomic E-state index is 0.232. The van der Waals surface area contributed by atoms with Gasteiger partial charge in [-0.3, -0.25) is 4.98 Å². The van der Waals surface area contributed by atoms with E-state index in [4.69, 9.17) is 0 Å². The van der Waals surface area contributed by atoms with Crippen LogP contribution in [0.4, 0.5) is 0 Å². The summed E-state index contributed by atoms with van der Waals surface area (Å²) in [6.07, 6.45) is 6.79. The highest BCUT2D eigenvalue weighted by Crippen LogP contribution is 2.22. The first-order valence-corrected chi connectivity index (χ1v) is 9.55. The molecule has 3 heterocycles. The lowest BCUT2D eigenvalue weighted by Crippen LogP contribution is -2.30. The number of hydrazine groups is 2. The molecule has 6 heteroatoms. The number of hydrogen-bond acceptors (Lipinski definition) is 5. The van der Waals surface area contributed by atoms with Gasteiger partial charge in [-0.1, -0.05) is 42.5 Å². The molecule has 0 spiro atoms. The number of rotatable bonds is 5. The monoisotopic (exact) mass is 370 g/mol. The van der Waals surface area contributed by atoms with E-state index in [0.29, 0.717) is 0 Å². The van der Waals surface area contributed by atoms with Gasteiger partial charge in [0.25, 0.3) is 0 Å². The van der Waals surface area contributed by atoms with E-state index in [-0.39, 0.29) is 6.04 Å². The van der Waals surface area contributed by atoms with Crippen molar-refractivity contribution in [3.63, 3.8) is 0 Å². The highest BCUT2D eigenvalue weighted by atomic mass is 15.6. The number of hydrogen-bond donors (Lipinski definition) is 3. The van der Waals surface area contributed by atoms with Crippen LogP contribution in [0.25, 0.3) is 22.2 Å². The number of aromatic nitrogens is 3. The van der Waals surface area contributed by atoms with Crippen LogP contribution in [0, 0.1) is 0 Å². The number of imidazole rings is 1. The second kappa shape index (κ2) is 7.52. The van der Waals surface area contributed by atoms with E-state index in [0.717, 1.165) is 30.9 Å². The van der Waals surface area contributed by atoms with E-state index in [2.05, 4.69) is 85.6 Å². The molecular formula is C22H22N6. The SMILES string of the molecule is c1ccc2c(CCn3cnc(-c4cc(C5CNNN5)ccn4)c3)cccc2c1. The Kier molecular flexibility index (Phi) is 4.58. The Morgan fingerprint density at radius 1 is 1.00 bits per heavy atom. The second-order valence-corrected chi connectivity index (χ2v) is 7.06. The molecular weight excluding hydrogens is 348 g/mol. The van der Waals surface area contributed by atoms with Crippen LogP contribution in [0.2, 0.25) is 0 Å². The summed E-state index contributed by atoms with van der Waals surface area (Å²) in [5.74, 6) is 0. The molecule has 2 aromatic heterocycles. The molecule has 140 valence electrons. The number of benzene rings is 2. The van der Waals surface area contributed by atoms with Crippen LogP contribution in [0.3, 0.4) is 0 Å². The molecule has 6 nitrogen and oxygen atoms in total. The van der Waals surface area contributed by atoms with E-state index in [1.807, 2.05) is 18.6 Å². The fraction of sp³-hybridized carbons (Fsp3) is 0.182. The molecule has 4 aromatic rings. The minimum Gasteiger partial charge on any atom is -0.336 e. The summed E-state index contributed by atoms with van der Waals surface area (Å²) in [7, 11) is 0. The first kappa shape index (κ1) is 17.1. The maximum atomic E-state index is 4.58. The molecule has 1 aliphatic heterocycles. The van der Waals surface area contributed by atoms with Crippen molar-refractivity contribution in [2.45, 2.75) is 19.0 Å². The zero-order valence-corrected chi connectivity index (χ0v) is 15.5. The number of nitrogens with one attached hydrogen (secondary N) is 3. The quantitative estimate of drug-likeness (QED) is 0.504. The Hall–Kier alpha value is -3.06. The van der Waals surface area contributed by atoms with E-state index in [1.54, 1.807) is 0 Å². The first-order valence-electron chi connectivity index (χ1n) is 9.55. The largest absolute Gasteiger partial charge is 0.336 e. The Bertz CT molecular complexity index is 1090. The summed E-state index contributed by atoms with van der Waals surface area (Å²) in [6, 6.07) is 19.4. The smallest absolute Gasteiger partial charge is 0.107 e. The summed E-state index contributed by atoms with van der Waals surface area (Å²) in [5, 5.41) is 2.61. The van der Waals surface area contributed by atoms with Crippen LogP contribution >= 0.6 is 0 Å². The van der Waals surface area contributed by atoms with Crippen molar-refractivity contribution >= 4 is 10.8 Å². The number of pyridine rings is 1. The molecule has 2 aromatic carbocycles. The molecule has 1 saturated heterocycles. The molecule has 0 bridgehead atoms. The molecule has 0 radical (unpaired) electrons. The molecule has 1 unspecified atom stereocenters. The van der Waals surface area contributed by atoms with Crippen LogP contribution in [0.15, 0.2) is 73.3 Å². The number of nitrogens with zero attached hydrogens (tertiary/aromatic N) is 3. The average Bonchev–Trinajstić information content (AvgIpc) is 3.45. The van der Waals surface area contributed by atoms with Gasteiger partial charge >= 0.3 is 0 Å². The fourth-order valence-electron chi connectivity index (χ4n) is 3.72. The van der Waals surface area contributed by atoms with Crippen molar-refractivity contribution in [2.24, 2.45) is 0 Å². The third-order valence-electron chi connectivity index (χ3n) is 5.24. The van der Waals surface area contributed by atoms with Crippen molar-refractivity contribution in [1.29, 1.82) is 0 Å². The van der Waals surface area contributed by atoms with E-state index in [1.165, 1.54) is 21.9 Å². The van der Waals surface area contributed by atoms with Crippen LogP contribution < -0.4 is 16.4 Å². The zero-order valence-electron chi connectivity index (χ0n) is 15.5. The molecule has 3 N–H and O–H groups in total. The van der Waals surface area contributed by atoms with Gasteiger partial charge in [-0.2, -0.15) is 5.53 Å². The molecule has 28 heavy (non-hydrogen) atoms. The Morgan fingerprint density at radius 2 is 1.93 bits per heavy atom. The van der Waals surface area contributed by atoms with Gasteiger partial charge in [0.1, 0.15) is 5.69 Å². The highest BCUT2D eigenvalue weighted by molar-refractivity contribution is 5.85. The second-order valence-electron chi connectivity index (χ2n) is 7.06. The molecule has 1 fully saturated rings. The third kappa shape index (κ3) is 3.41. The Labute approximate surface area is 163 Å². The Morgan fingerprint density at radius 3 is 2.86 bits per heavy atom. The summed E-state index contributed by atoms with van der Waals surface area (Å²) >= 11 is 0. The molecule has 1 aliphatic rings. The fourth-order valence-corrected chi connectivity index (χ4v) is 3.72. The zero-order chi connectivity index (χ0) is 18.8. The summed E-state index contributed by atoms with van der Waals surface area (Å²) < 4.78 is 2.14. The number of fused-ring (bicyclic) bond motifs is 1. The predicted molar refractivity (Wildman–Crippen MR) is 110 cm³/mol. The van der Waals surface area contributed by atoms with E-state index in [9.17, 15) is 0 Å². The van der Waals surface area contributed by atoms with Gasteiger partial charge in [0.05, 0.1) is 18.1 Å². The summed E-state index contributed by atoms with van der Waals surface area (Å²) in [4.78, 5) is 9.09. The van der Waals surface area contributed by atoms with Crippen molar-refractivity contribution in [2.75, 3.05) is 6.54 Å². The normalized spacial score (nSPS) is 16.6. The van der Waals surface area contributed by atoms with Gasteiger partial charge in [0, 0.05) is 25.5 Å². The van der Waals surface area contributed by atoms with Gasteiger partial charge in [-0.25, -0.2) is 15.8 Å². The lowest BCUT2D eigenvalue weighted by atomic mass is 10.0. The van der Waals surface area contributed by atoms with Gasteiger partial charge in [0.2, 0.25) is 0 Å². The van der Waals surface area contributed by atoms with Crippen molar-refractivity contribution in [1.82, 2.24) is 30.9 Å². The third-order valence-corrected chi connectivity index (χ3v) is 5.24. The lowest BCUT2D eigenvalue weighted by molar-refractivity contribution is 0.555. The highest BCUT2D eigenvalue weighted by Gasteiger charge is 2.16. The van der Waals surface area contributed by atoms with Crippen molar-refractivity contribution in [3.8, 4) is 11.4 Å². The molecule has 0 saturated carbocycles. The lowest BCUT2D eigenvalue weighted by Gasteiger charge is -2.09. The van der Waals surface area contributed by atoms with Crippen LogP contribution in [-0.4, -0.2) is 21.1 Å². The number of aryl methyl sites for hydroxylation is 2. The Balaban J connectivity index is 1.33. The first-order chi connectivity index (χ1) is 13.9. The summed E-state index contributed by atoms with van der Waals surface area (Å²) in [5.41, 5.74) is 13.6. The van der Waals surface area contributed by atoms with Gasteiger partial charge in [-0.15, -0.1) is 0 Å². The van der Waals surface area contributed by atoms with Crippen molar-refractivity contribution in [3.05, 3.63) is 84.4 Å². The van der Waals surface area contributed by atoms with Crippen LogP contribution in [0.5, 0.6) is 0 Å². The van der Waals surface area contributed by atoms with Crippen LogP contribution in [-0.2, 0) is 13.0 Å². The van der Waals surface area contributed by atoms with Gasteiger partial charge in [0.15, 0.2) is 0 Å². The van der Waals surface area contributed by atoms with E-state index < -0.39 is 0 Å². The standard InChI is InChI=1S/C22H22N6/c1-2-7-19-16(4-1)5-3-6-17(19)9-11-28-14-22(24-15-28)20-12-18(8-10-23-20)21-13-25-27-26-21/h1-8,10,12,14-15,21,25-27H,9,11,13H2. The topological polar surface area (TPSA) is 66.8 Å². The van der Waals surface area contributed by atoms with Crippen molar-refractivity contribution < 1.29 is 0 Å². The molecule has 0 aliphatic carbocycles. The van der Waals surface area contributed by atoms with E-state index >= 15 is 0 Å². The molecule has 0 amide bonds. The van der Waals surface area contributed by atoms with Gasteiger partial charge in [-0.05, 0) is 40.5 Å². The van der Waals surface area contributed by atoms with Crippen LogP contribution in [0.1, 0.15) is 17.2 Å². The maximum Gasteiger partial charge on any atom is 0.107 e. The predicted octanol–water partition coefficient (Wildman–Crippen LogP) is 2.99. The van der Waals surface area contributed by atoms with Gasteiger partial charge < -0.3 is 4.57 Å². The minimum atomic E-state index is 0.232.